The van der Waals surface area contributed by atoms with E-state index in [1.807, 2.05) is 0 Å². The van der Waals surface area contributed by atoms with E-state index in [0.29, 0.717) is 135 Å². The van der Waals surface area contributed by atoms with Gasteiger partial charge in [-0.1, -0.05) is 186 Å². The Kier molecular flexibility index (Phi) is 50.2. The van der Waals surface area contributed by atoms with E-state index in [1.54, 1.807) is 107 Å². The number of methoxy groups -OCH3 is 2. The van der Waals surface area contributed by atoms with Crippen molar-refractivity contribution < 1.29 is 101 Å². The summed E-state index contributed by atoms with van der Waals surface area (Å²) in [5.41, 5.74) is 8.69. The van der Waals surface area contributed by atoms with Gasteiger partial charge in [-0.05, 0) is 173 Å². The van der Waals surface area contributed by atoms with E-state index >= 15 is 0 Å². The summed E-state index contributed by atoms with van der Waals surface area (Å²) in [6.45, 7) is 55.7. The van der Waals surface area contributed by atoms with Crippen LogP contribution in [0, 0.1) is 0 Å². The molecule has 0 aliphatic heterocycles. The average Bonchev–Trinajstić information content (AvgIpc) is 0.800. The molecule has 24 nitrogen and oxygen atoms in total. The molecule has 2 unspecified atom stereocenters. The molecule has 36 heteroatoms. The van der Waals surface area contributed by atoms with E-state index in [4.69, 9.17) is 112 Å². The Morgan fingerprint density at radius 3 is 1.17 bits per heavy atom. The minimum atomic E-state index is -3.53. The third-order valence-electron chi connectivity index (χ3n) is 20.5. The van der Waals surface area contributed by atoms with Crippen LogP contribution in [0.25, 0.3) is 0 Å². The quantitative estimate of drug-likeness (QED) is 0.00821. The lowest BCUT2D eigenvalue weighted by Crippen LogP contribution is -2.41. The number of ether oxygens (including phenoxy) is 9. The Morgan fingerprint density at radius 2 is 0.782 bits per heavy atom. The molecule has 0 heterocycles. The van der Waals surface area contributed by atoms with Crippen LogP contribution in [0.15, 0.2) is 119 Å². The second-order valence-corrected chi connectivity index (χ2v) is 61.1. The molecule has 2 atom stereocenters. The van der Waals surface area contributed by atoms with Gasteiger partial charge in [-0.3, -0.25) is 14.4 Å². The molecule has 700 valence electrons. The number of esters is 4. The fraction of sp³-hybridized carbons (Fsp3) is 0.545. The molecule has 124 heavy (non-hydrogen) atoms. The van der Waals surface area contributed by atoms with Crippen LogP contribution in [0.3, 0.4) is 0 Å². The second kappa shape index (κ2) is 53.5. The maximum Gasteiger partial charge on any atom is 0.333 e. The normalized spacial score (nSPS) is 12.5. The highest BCUT2D eigenvalue weighted by Gasteiger charge is 2.40. The molecule has 6 aromatic carbocycles. The van der Waals surface area contributed by atoms with Crippen LogP contribution in [0.4, 0.5) is 11.4 Å². The SMILES string of the molecule is CC(C)(C)[Si](C)(C)OCCBr.CCOC(=O)C(Br)c1ccc(Cl)cc1OCCO[Si](C)(C)C(C)(C)C.CCOC(=O)C(Nc1cc(OC)cc(S(C)(=O)=O)c1)c1ccc(Cl)cc1OCCO[Si](C)(C)C(C)(C)C.CCOC(=O)Cc1ccc(Cl)cc1O.CCOC(=O)Cc1ccc(Cl)cc1OCCO[Si](C)(C)C(C)(C)C.COc1cc(N)cc(S(C)(=O)=O)c1. The standard InChI is InChI=1S/C26H38ClNO7SSi.C18H28BrClO4Si.C18H29ClO4Si.C10H11ClO3.C8H19BrOSi.C8H11NO3S/c1-9-33-25(29)24(28-19-15-20(32-5)17-21(16-19)36(6,30)31)22-11-10-18(27)14-23(22)34-12-13-35-37(7,8)26(2,3)4;1-7-22-17(21)16(19)14-9-8-13(20)12-15(14)23-10-11-24-25(5,6)18(2,3)4;1-7-21-17(20)12-14-8-9-15(19)13-16(14)22-10-11-23-24(5,6)18(2,3)4;1-2-14-10(13)5-7-3-4-8(11)6-9(7)12;1-8(2,3)11(4,5)10-7-6-9;1-12-7-3-6(9)4-8(5-7)13(2,10)11/h10-11,14-17,24,28H,9,12-13H2,1-8H3;8-9,12,16H,7,10-11H2,1-6H3;8-9,13H,7,10-12H2,1-6H3;3-4,6,12H,2,5H2,1H3;6-7H2,1-5H3;3-5H,9H2,1-2H3. The third kappa shape index (κ3) is 42.3. The highest BCUT2D eigenvalue weighted by molar-refractivity contribution is 9.09. The molecule has 0 radical (unpaired) electrons. The minimum absolute atomic E-state index is 0.0190. The van der Waals surface area contributed by atoms with Gasteiger partial charge in [0.1, 0.15) is 59.1 Å². The van der Waals surface area contributed by atoms with E-state index < -0.39 is 69.8 Å². The van der Waals surface area contributed by atoms with Crippen molar-refractivity contribution in [3.05, 3.63) is 152 Å². The first-order valence-corrected chi connectivity index (χ1v) is 59.4. The minimum Gasteiger partial charge on any atom is -0.508 e. The number of hydrogen-bond donors (Lipinski definition) is 3. The number of nitrogens with one attached hydrogen (secondary N) is 1. The van der Waals surface area contributed by atoms with Crippen molar-refractivity contribution in [2.24, 2.45) is 0 Å². The van der Waals surface area contributed by atoms with Gasteiger partial charge in [-0.15, -0.1) is 0 Å². The van der Waals surface area contributed by atoms with Crippen LogP contribution >= 0.6 is 78.3 Å². The molecule has 0 amide bonds. The van der Waals surface area contributed by atoms with E-state index in [0.717, 1.165) is 30.0 Å². The van der Waals surface area contributed by atoms with Crippen LogP contribution < -0.4 is 34.7 Å². The molecular formula is C88H136Br2Cl4N2O22S2Si4. The summed E-state index contributed by atoms with van der Waals surface area (Å²) in [4.78, 5) is 47.4. The van der Waals surface area contributed by atoms with Crippen molar-refractivity contribution in [2.75, 3.05) is 116 Å². The van der Waals surface area contributed by atoms with Gasteiger partial charge in [0.2, 0.25) is 0 Å². The third-order valence-corrected chi connectivity index (χ3v) is 43.0. The molecule has 4 N–H and O–H groups in total. The van der Waals surface area contributed by atoms with E-state index in [-0.39, 0.29) is 74.6 Å². The first kappa shape index (κ1) is 116. The Labute approximate surface area is 780 Å². The highest BCUT2D eigenvalue weighted by Crippen LogP contribution is 2.42. The van der Waals surface area contributed by atoms with Crippen molar-refractivity contribution in [1.29, 1.82) is 0 Å². The van der Waals surface area contributed by atoms with E-state index in [1.165, 1.54) is 44.6 Å². The first-order valence-electron chi connectivity index (χ1n) is 40.5. The number of anilines is 2. The summed E-state index contributed by atoms with van der Waals surface area (Å²) >= 11 is 30.7. The van der Waals surface area contributed by atoms with Gasteiger partial charge >= 0.3 is 23.9 Å². The Balaban J connectivity index is 0.000000783. The number of halogens is 6. The Bertz CT molecular complexity index is 4580. The number of aromatic hydroxyl groups is 1. The molecule has 0 saturated heterocycles. The van der Waals surface area contributed by atoms with Crippen LogP contribution in [-0.4, -0.2) is 184 Å². The number of nitrogens with two attached hydrogens (primary N) is 1. The second-order valence-electron chi connectivity index (χ2n) is 34.3. The van der Waals surface area contributed by atoms with Crippen molar-refractivity contribution in [3.63, 3.8) is 0 Å². The zero-order chi connectivity index (χ0) is 95.4. The number of nitrogen functional groups attached to an aromatic ring is 1. The van der Waals surface area contributed by atoms with Crippen LogP contribution in [0.2, 0.25) is 92.6 Å². The maximum atomic E-state index is 13.1. The lowest BCUT2D eigenvalue weighted by Gasteiger charge is -2.36. The number of phenols is 1. The van der Waals surface area contributed by atoms with Gasteiger partial charge in [0.05, 0.1) is 83.1 Å². The molecule has 0 bridgehead atoms. The zero-order valence-electron chi connectivity index (χ0n) is 77.6. The van der Waals surface area contributed by atoms with Crippen LogP contribution in [-0.2, 0) is 88.3 Å². The first-order chi connectivity index (χ1) is 57.0. The topological polar surface area (TPSA) is 315 Å². The van der Waals surface area contributed by atoms with E-state index in [2.05, 4.69) is 173 Å². The summed E-state index contributed by atoms with van der Waals surface area (Å²) < 4.78 is 119. The van der Waals surface area contributed by atoms with Gasteiger partial charge < -0.3 is 76.5 Å². The van der Waals surface area contributed by atoms with Gasteiger partial charge in [-0.2, -0.15) is 0 Å². The molecule has 6 rings (SSSR count). The Morgan fingerprint density at radius 1 is 0.444 bits per heavy atom. The van der Waals surface area contributed by atoms with Gasteiger partial charge in [-0.25, -0.2) is 21.6 Å². The summed E-state index contributed by atoms with van der Waals surface area (Å²) in [5, 5.41) is 16.2. The van der Waals surface area contributed by atoms with Crippen molar-refractivity contribution in [2.45, 2.75) is 217 Å². The van der Waals surface area contributed by atoms with E-state index in [9.17, 15) is 41.1 Å². The number of carbonyl (C=O) groups is 4. The smallest absolute Gasteiger partial charge is 0.333 e. The molecule has 0 saturated carbocycles. The van der Waals surface area contributed by atoms with Crippen LogP contribution in [0.1, 0.15) is 144 Å². The number of hydrogen-bond acceptors (Lipinski definition) is 24. The lowest BCUT2D eigenvalue weighted by atomic mass is 10.0. The molecule has 0 spiro atoms. The maximum absolute atomic E-state index is 13.1. The molecule has 0 aromatic heterocycles. The largest absolute Gasteiger partial charge is 0.508 e. The monoisotopic (exact) mass is 2050 g/mol. The summed E-state index contributed by atoms with van der Waals surface area (Å²) in [7, 11) is -10.9. The van der Waals surface area contributed by atoms with Gasteiger partial charge in [0, 0.05) is 90.3 Å². The molecule has 0 aliphatic rings. The number of rotatable bonds is 36. The predicted molar refractivity (Wildman–Crippen MR) is 519 cm³/mol. The number of carbonyl (C=O) groups excluding carboxylic acids is 4. The van der Waals surface area contributed by atoms with Crippen LogP contribution in [0.5, 0.6) is 34.5 Å². The summed E-state index contributed by atoms with van der Waals surface area (Å²) in [6.07, 6.45) is 2.47. The highest BCUT2D eigenvalue weighted by atomic mass is 79.9. The predicted octanol–water partition coefficient (Wildman–Crippen LogP) is 22.7. The summed E-state index contributed by atoms with van der Waals surface area (Å²) in [5.74, 6) is 0.795. The number of alkyl halides is 2. The fourth-order valence-electron chi connectivity index (χ4n) is 9.36. The zero-order valence-corrected chi connectivity index (χ0v) is 89.5. The lowest BCUT2D eigenvalue weighted by molar-refractivity contribution is -0.144. The molecular weight excluding hydrogens is 1920 g/mol. The number of benzene rings is 6. The van der Waals surface area contributed by atoms with Crippen molar-refractivity contribution in [1.82, 2.24) is 0 Å². The summed E-state index contributed by atoms with van der Waals surface area (Å²) in [6, 6.07) is 27.9. The fourth-order valence-corrected chi connectivity index (χ4v) is 16.5. The molecule has 6 aromatic rings. The molecule has 0 fully saturated rings. The Hall–Kier alpha value is -5.67. The van der Waals surface area contributed by atoms with Crippen molar-refractivity contribution >= 4 is 166 Å². The van der Waals surface area contributed by atoms with Gasteiger partial charge in [0.15, 0.2) is 59.0 Å². The van der Waals surface area contributed by atoms with Crippen molar-refractivity contribution in [3.8, 4) is 34.5 Å². The number of sulfone groups is 2. The molecule has 0 aliphatic carbocycles. The van der Waals surface area contributed by atoms with Gasteiger partial charge in [0.25, 0.3) is 0 Å². The number of phenolic OH excluding ortho intramolecular Hbond substituents is 1. The average molecular weight is 2050 g/mol.